The lowest BCUT2D eigenvalue weighted by molar-refractivity contribution is 0.174. The van der Waals surface area contributed by atoms with Crippen LogP contribution >= 0.6 is 0 Å². The smallest absolute Gasteiger partial charge is 0.222 e. The van der Waals surface area contributed by atoms with Crippen LogP contribution in [0.4, 0.5) is 5.69 Å². The Hall–Kier alpha value is -2.02. The van der Waals surface area contributed by atoms with Gasteiger partial charge in [0.05, 0.1) is 11.9 Å². The van der Waals surface area contributed by atoms with E-state index < -0.39 is 0 Å². The van der Waals surface area contributed by atoms with Gasteiger partial charge in [-0.1, -0.05) is 20.8 Å². The van der Waals surface area contributed by atoms with E-state index in [2.05, 4.69) is 62.2 Å². The number of likely N-dealkylation sites (tertiary alicyclic amines) is 1. The van der Waals surface area contributed by atoms with Crippen molar-refractivity contribution in [1.29, 1.82) is 0 Å². The molecule has 0 spiro atoms. The molecular formula is C19H29N7. The molecule has 1 atom stereocenters. The maximum atomic E-state index is 4.49. The normalized spacial score (nSPS) is 22.9. The fraction of sp³-hybridized carbons (Fsp3) is 0.684. The molecule has 4 heterocycles. The van der Waals surface area contributed by atoms with Gasteiger partial charge in [0.2, 0.25) is 5.82 Å². The number of aromatic nitrogens is 5. The van der Waals surface area contributed by atoms with Gasteiger partial charge in [-0.2, -0.15) is 5.21 Å². The number of hydrogen-bond donors (Lipinski definition) is 1. The summed E-state index contributed by atoms with van der Waals surface area (Å²) in [4.78, 5) is 9.68. The van der Waals surface area contributed by atoms with E-state index in [1.54, 1.807) is 0 Å². The number of H-pyrrole nitrogens is 1. The summed E-state index contributed by atoms with van der Waals surface area (Å²) in [5, 5.41) is 14.0. The minimum absolute atomic E-state index is 0.432. The second-order valence-corrected chi connectivity index (χ2v) is 8.70. The minimum Gasteiger partial charge on any atom is -0.370 e. The van der Waals surface area contributed by atoms with Crippen LogP contribution in [0.2, 0.25) is 0 Å². The molecule has 2 aliphatic rings. The van der Waals surface area contributed by atoms with Crippen LogP contribution in [-0.4, -0.2) is 62.7 Å². The first-order valence-corrected chi connectivity index (χ1v) is 9.69. The van der Waals surface area contributed by atoms with Crippen LogP contribution in [-0.2, 0) is 0 Å². The molecule has 0 amide bonds. The summed E-state index contributed by atoms with van der Waals surface area (Å²) in [7, 11) is 0. The Morgan fingerprint density at radius 3 is 2.46 bits per heavy atom. The van der Waals surface area contributed by atoms with Crippen LogP contribution in [0.3, 0.4) is 0 Å². The van der Waals surface area contributed by atoms with Crippen molar-refractivity contribution in [1.82, 2.24) is 30.5 Å². The first-order valence-electron chi connectivity index (χ1n) is 9.69. The molecule has 7 nitrogen and oxygen atoms in total. The van der Waals surface area contributed by atoms with Crippen LogP contribution in [0.15, 0.2) is 18.3 Å². The summed E-state index contributed by atoms with van der Waals surface area (Å²) in [6, 6.07) is 4.83. The molecule has 2 saturated heterocycles. The molecule has 0 aromatic carbocycles. The van der Waals surface area contributed by atoms with Crippen molar-refractivity contribution >= 4 is 5.69 Å². The van der Waals surface area contributed by atoms with Crippen LogP contribution < -0.4 is 4.90 Å². The van der Waals surface area contributed by atoms with Crippen molar-refractivity contribution in [2.75, 3.05) is 31.1 Å². The van der Waals surface area contributed by atoms with E-state index in [-0.39, 0.29) is 0 Å². The third kappa shape index (κ3) is 3.58. The van der Waals surface area contributed by atoms with E-state index in [1.165, 1.54) is 38.0 Å². The first-order chi connectivity index (χ1) is 12.5. The SMILES string of the molecule is CC(C)(C)C1CCN(C2CCN(c3ccc(-c4nn[nH]n4)nc3)CC2)C1. The number of rotatable bonds is 3. The lowest BCUT2D eigenvalue weighted by Gasteiger charge is -2.38. The fourth-order valence-electron chi connectivity index (χ4n) is 4.29. The summed E-state index contributed by atoms with van der Waals surface area (Å²) >= 11 is 0. The number of tetrazole rings is 1. The molecule has 2 aromatic heterocycles. The van der Waals surface area contributed by atoms with Crippen molar-refractivity contribution < 1.29 is 0 Å². The third-order valence-corrected chi connectivity index (χ3v) is 6.11. The average molecular weight is 355 g/mol. The quantitative estimate of drug-likeness (QED) is 0.912. The standard InChI is InChI=1S/C19H29N7/c1-19(2,3)14-6-9-26(13-14)15-7-10-25(11-8-15)16-4-5-17(20-12-16)18-21-23-24-22-18/h4-5,12,14-15H,6-11,13H2,1-3H3,(H,21,22,23,24). The predicted molar refractivity (Wildman–Crippen MR) is 102 cm³/mol. The van der Waals surface area contributed by atoms with Gasteiger partial charge < -0.3 is 4.90 Å². The highest BCUT2D eigenvalue weighted by Gasteiger charge is 2.35. The van der Waals surface area contributed by atoms with E-state index in [0.29, 0.717) is 11.2 Å². The molecule has 0 saturated carbocycles. The Bertz CT molecular complexity index is 696. The van der Waals surface area contributed by atoms with E-state index >= 15 is 0 Å². The molecule has 140 valence electrons. The third-order valence-electron chi connectivity index (χ3n) is 6.11. The summed E-state index contributed by atoms with van der Waals surface area (Å²) < 4.78 is 0. The predicted octanol–water partition coefficient (Wildman–Crippen LogP) is 2.60. The maximum Gasteiger partial charge on any atom is 0.222 e. The van der Waals surface area contributed by atoms with Crippen molar-refractivity contribution in [3.63, 3.8) is 0 Å². The Morgan fingerprint density at radius 2 is 1.88 bits per heavy atom. The number of nitrogens with one attached hydrogen (secondary N) is 1. The second-order valence-electron chi connectivity index (χ2n) is 8.70. The van der Waals surface area contributed by atoms with Crippen molar-refractivity contribution in [3.05, 3.63) is 18.3 Å². The van der Waals surface area contributed by atoms with Crippen molar-refractivity contribution in [2.45, 2.75) is 46.1 Å². The number of anilines is 1. The Kier molecular flexibility index (Phi) is 4.65. The fourth-order valence-corrected chi connectivity index (χ4v) is 4.29. The lowest BCUT2D eigenvalue weighted by atomic mass is 9.80. The Labute approximate surface area is 155 Å². The molecule has 2 fully saturated rings. The molecule has 1 unspecified atom stereocenters. The van der Waals surface area contributed by atoms with Crippen molar-refractivity contribution in [3.8, 4) is 11.5 Å². The summed E-state index contributed by atoms with van der Waals surface area (Å²) in [5.74, 6) is 1.38. The van der Waals surface area contributed by atoms with Gasteiger partial charge in [0.25, 0.3) is 0 Å². The largest absolute Gasteiger partial charge is 0.370 e. The summed E-state index contributed by atoms with van der Waals surface area (Å²) in [6.45, 7) is 11.9. The zero-order chi connectivity index (χ0) is 18.1. The Morgan fingerprint density at radius 1 is 1.08 bits per heavy atom. The highest BCUT2D eigenvalue weighted by Crippen LogP contribution is 2.36. The van der Waals surface area contributed by atoms with Gasteiger partial charge >= 0.3 is 0 Å². The molecule has 0 radical (unpaired) electrons. The summed E-state index contributed by atoms with van der Waals surface area (Å²) in [5.41, 5.74) is 2.37. The van der Waals surface area contributed by atoms with Gasteiger partial charge in [-0.3, -0.25) is 9.88 Å². The van der Waals surface area contributed by atoms with E-state index in [9.17, 15) is 0 Å². The first kappa shape index (κ1) is 17.4. The van der Waals surface area contributed by atoms with E-state index in [0.717, 1.165) is 30.7 Å². The molecule has 0 bridgehead atoms. The number of piperidine rings is 1. The van der Waals surface area contributed by atoms with Crippen LogP contribution in [0.25, 0.3) is 11.5 Å². The molecule has 7 heteroatoms. The monoisotopic (exact) mass is 355 g/mol. The maximum absolute atomic E-state index is 4.49. The van der Waals surface area contributed by atoms with Gasteiger partial charge in [0, 0.05) is 25.7 Å². The molecule has 1 N–H and O–H groups in total. The van der Waals surface area contributed by atoms with Crippen molar-refractivity contribution in [2.24, 2.45) is 11.3 Å². The number of hydrogen-bond acceptors (Lipinski definition) is 6. The summed E-state index contributed by atoms with van der Waals surface area (Å²) in [6.07, 6.45) is 5.76. The van der Waals surface area contributed by atoms with Crippen LogP contribution in [0.5, 0.6) is 0 Å². The Balaban J connectivity index is 1.33. The highest BCUT2D eigenvalue weighted by molar-refractivity contribution is 5.54. The zero-order valence-corrected chi connectivity index (χ0v) is 16.0. The van der Waals surface area contributed by atoms with E-state index in [4.69, 9.17) is 0 Å². The number of nitrogens with zero attached hydrogens (tertiary/aromatic N) is 6. The molecule has 2 aliphatic heterocycles. The van der Waals surface area contributed by atoms with Gasteiger partial charge in [-0.05, 0) is 54.5 Å². The molecular weight excluding hydrogens is 326 g/mol. The molecule has 26 heavy (non-hydrogen) atoms. The second kappa shape index (κ2) is 6.95. The van der Waals surface area contributed by atoms with Gasteiger partial charge in [-0.25, -0.2) is 0 Å². The van der Waals surface area contributed by atoms with Crippen LogP contribution in [0, 0.1) is 11.3 Å². The number of pyridine rings is 1. The zero-order valence-electron chi connectivity index (χ0n) is 16.0. The van der Waals surface area contributed by atoms with Gasteiger partial charge in [0.1, 0.15) is 5.69 Å². The molecule has 4 rings (SSSR count). The molecule has 0 aliphatic carbocycles. The van der Waals surface area contributed by atoms with Gasteiger partial charge in [0.15, 0.2) is 0 Å². The minimum atomic E-state index is 0.432. The lowest BCUT2D eigenvalue weighted by Crippen LogP contribution is -2.44. The van der Waals surface area contributed by atoms with Crippen LogP contribution in [0.1, 0.15) is 40.0 Å². The number of aromatic amines is 1. The van der Waals surface area contributed by atoms with E-state index in [1.807, 2.05) is 12.3 Å². The molecule has 2 aromatic rings. The average Bonchev–Trinajstić information content (AvgIpc) is 3.34. The van der Waals surface area contributed by atoms with Gasteiger partial charge in [-0.15, -0.1) is 10.2 Å². The topological polar surface area (TPSA) is 73.8 Å². The highest BCUT2D eigenvalue weighted by atomic mass is 15.5.